The second-order valence-corrected chi connectivity index (χ2v) is 7.52. The molecule has 1 aromatic carbocycles. The standard InChI is InChI=1S/C18H16Br2N2O5S/c1-3-5-22-17(25)11(16(24)21-18(22)28)6-10-7-12(19)15(13(20)8-10)27-9-14(23)26-4-2/h3,6-8H,1,4-5,9H2,2H3,(H,21,24,28)/b11-6+. The molecule has 1 aliphatic rings. The number of carbonyl (C=O) groups is 3. The zero-order valence-electron chi connectivity index (χ0n) is 14.8. The highest BCUT2D eigenvalue weighted by molar-refractivity contribution is 9.11. The number of nitrogens with zero attached hydrogens (tertiary/aromatic N) is 1. The Bertz CT molecular complexity index is 862. The Hall–Kier alpha value is -2.04. The minimum atomic E-state index is -0.579. The van der Waals surface area contributed by atoms with Crippen LogP contribution in [0.2, 0.25) is 0 Å². The lowest BCUT2D eigenvalue weighted by atomic mass is 10.1. The number of hydrogen-bond acceptors (Lipinski definition) is 6. The highest BCUT2D eigenvalue weighted by atomic mass is 79.9. The van der Waals surface area contributed by atoms with E-state index in [1.165, 1.54) is 17.1 Å². The van der Waals surface area contributed by atoms with Gasteiger partial charge in [0, 0.05) is 6.54 Å². The molecule has 0 saturated carbocycles. The molecule has 2 rings (SSSR count). The molecule has 0 aliphatic carbocycles. The minimum Gasteiger partial charge on any atom is -0.480 e. The van der Waals surface area contributed by atoms with E-state index in [2.05, 4.69) is 43.8 Å². The Kier molecular flexibility index (Phi) is 7.90. The summed E-state index contributed by atoms with van der Waals surface area (Å²) in [6.07, 6.45) is 2.96. The van der Waals surface area contributed by atoms with Crippen molar-refractivity contribution < 1.29 is 23.9 Å². The van der Waals surface area contributed by atoms with Crippen LogP contribution in [0.25, 0.3) is 6.08 Å². The number of ether oxygens (including phenoxy) is 2. The first-order valence-electron chi connectivity index (χ1n) is 8.05. The van der Waals surface area contributed by atoms with Gasteiger partial charge in [-0.05, 0) is 74.8 Å². The van der Waals surface area contributed by atoms with Gasteiger partial charge in [0.2, 0.25) is 0 Å². The molecule has 1 heterocycles. The van der Waals surface area contributed by atoms with Crippen molar-refractivity contribution in [2.24, 2.45) is 0 Å². The van der Waals surface area contributed by atoms with Crippen LogP contribution in [0.5, 0.6) is 5.75 Å². The number of nitrogens with one attached hydrogen (secondary N) is 1. The molecule has 2 amide bonds. The van der Waals surface area contributed by atoms with Crippen molar-refractivity contribution in [3.8, 4) is 5.75 Å². The predicted octanol–water partition coefficient (Wildman–Crippen LogP) is 2.97. The van der Waals surface area contributed by atoms with E-state index in [0.717, 1.165) is 0 Å². The normalized spacial score (nSPS) is 15.5. The Morgan fingerprint density at radius 1 is 1.32 bits per heavy atom. The Balaban J connectivity index is 2.29. The number of carbonyl (C=O) groups excluding carboxylic acids is 3. The summed E-state index contributed by atoms with van der Waals surface area (Å²) in [4.78, 5) is 37.5. The molecule has 0 aromatic heterocycles. The average molecular weight is 532 g/mol. The van der Waals surface area contributed by atoms with Crippen LogP contribution in [0.3, 0.4) is 0 Å². The van der Waals surface area contributed by atoms with Gasteiger partial charge in [0.15, 0.2) is 11.7 Å². The second-order valence-electron chi connectivity index (χ2n) is 5.43. The van der Waals surface area contributed by atoms with E-state index in [-0.39, 0.29) is 30.4 Å². The zero-order chi connectivity index (χ0) is 20.8. The van der Waals surface area contributed by atoms with Crippen LogP contribution in [0.1, 0.15) is 12.5 Å². The van der Waals surface area contributed by atoms with E-state index >= 15 is 0 Å². The summed E-state index contributed by atoms with van der Waals surface area (Å²) < 4.78 is 11.3. The van der Waals surface area contributed by atoms with Crippen LogP contribution >= 0.6 is 44.1 Å². The number of halogens is 2. The molecule has 1 fully saturated rings. The SMILES string of the molecule is C=CCN1C(=O)/C(=C/c2cc(Br)c(OCC(=O)OCC)c(Br)c2)C(=O)NC1=S. The maximum Gasteiger partial charge on any atom is 0.344 e. The monoisotopic (exact) mass is 530 g/mol. The van der Waals surface area contributed by atoms with Crippen LogP contribution in [-0.4, -0.2) is 47.6 Å². The molecule has 10 heteroatoms. The van der Waals surface area contributed by atoms with Crippen molar-refractivity contribution in [3.05, 3.63) is 44.9 Å². The lowest BCUT2D eigenvalue weighted by molar-refractivity contribution is -0.145. The van der Waals surface area contributed by atoms with E-state index in [1.54, 1.807) is 19.1 Å². The highest BCUT2D eigenvalue weighted by Gasteiger charge is 2.32. The lowest BCUT2D eigenvalue weighted by Crippen LogP contribution is -2.53. The fourth-order valence-corrected chi connectivity index (χ4v) is 3.99. The number of thiocarbonyl (C=S) groups is 1. The molecule has 1 aliphatic heterocycles. The summed E-state index contributed by atoms with van der Waals surface area (Å²) in [5.74, 6) is -1.19. The largest absolute Gasteiger partial charge is 0.480 e. The lowest BCUT2D eigenvalue weighted by Gasteiger charge is -2.27. The summed E-state index contributed by atoms with van der Waals surface area (Å²) in [5.41, 5.74) is 0.501. The van der Waals surface area contributed by atoms with E-state index in [9.17, 15) is 14.4 Å². The Morgan fingerprint density at radius 2 is 1.96 bits per heavy atom. The van der Waals surface area contributed by atoms with E-state index in [1.807, 2.05) is 0 Å². The molecule has 0 spiro atoms. The maximum absolute atomic E-state index is 12.6. The van der Waals surface area contributed by atoms with E-state index in [4.69, 9.17) is 21.7 Å². The van der Waals surface area contributed by atoms with Crippen LogP contribution in [0.4, 0.5) is 0 Å². The molecule has 0 unspecified atom stereocenters. The fraction of sp³-hybridized carbons (Fsp3) is 0.222. The first kappa shape index (κ1) is 22.3. The highest BCUT2D eigenvalue weighted by Crippen LogP contribution is 2.35. The van der Waals surface area contributed by atoms with Gasteiger partial charge in [0.1, 0.15) is 11.3 Å². The molecule has 0 atom stereocenters. The van der Waals surface area contributed by atoms with Gasteiger partial charge in [-0.25, -0.2) is 4.79 Å². The van der Waals surface area contributed by atoms with Crippen molar-refractivity contribution >= 4 is 73.0 Å². The summed E-state index contributed by atoms with van der Waals surface area (Å²) in [6.45, 7) is 5.48. The van der Waals surface area contributed by atoms with Crippen molar-refractivity contribution in [2.75, 3.05) is 19.8 Å². The van der Waals surface area contributed by atoms with Crippen molar-refractivity contribution in [3.63, 3.8) is 0 Å². The molecule has 0 radical (unpaired) electrons. The number of benzene rings is 1. The van der Waals surface area contributed by atoms with Gasteiger partial charge in [-0.2, -0.15) is 0 Å². The Morgan fingerprint density at radius 3 is 2.54 bits per heavy atom. The van der Waals surface area contributed by atoms with Gasteiger partial charge in [-0.15, -0.1) is 6.58 Å². The summed E-state index contributed by atoms with van der Waals surface area (Å²) >= 11 is 11.7. The first-order valence-corrected chi connectivity index (χ1v) is 10.0. The molecule has 7 nitrogen and oxygen atoms in total. The van der Waals surface area contributed by atoms with E-state index < -0.39 is 17.8 Å². The van der Waals surface area contributed by atoms with E-state index in [0.29, 0.717) is 20.3 Å². The number of hydrogen-bond donors (Lipinski definition) is 1. The molecular formula is C18H16Br2N2O5S. The van der Waals surface area contributed by atoms with Gasteiger partial charge in [0.05, 0.1) is 15.6 Å². The predicted molar refractivity (Wildman–Crippen MR) is 115 cm³/mol. The zero-order valence-corrected chi connectivity index (χ0v) is 18.8. The van der Waals surface area contributed by atoms with Gasteiger partial charge in [0.25, 0.3) is 11.8 Å². The number of rotatable bonds is 7. The summed E-state index contributed by atoms with van der Waals surface area (Å²) in [6, 6.07) is 3.31. The van der Waals surface area contributed by atoms with Crippen LogP contribution in [-0.2, 0) is 19.1 Å². The molecule has 1 N–H and O–H groups in total. The van der Waals surface area contributed by atoms with Crippen molar-refractivity contribution in [1.82, 2.24) is 10.2 Å². The number of esters is 1. The van der Waals surface area contributed by atoms with Crippen LogP contribution in [0.15, 0.2) is 39.3 Å². The summed E-state index contributed by atoms with van der Waals surface area (Å²) in [5, 5.41) is 2.52. The molecule has 1 aromatic rings. The summed E-state index contributed by atoms with van der Waals surface area (Å²) in [7, 11) is 0. The van der Waals surface area contributed by atoms with Crippen molar-refractivity contribution in [1.29, 1.82) is 0 Å². The smallest absolute Gasteiger partial charge is 0.344 e. The quantitative estimate of drug-likeness (QED) is 0.191. The fourth-order valence-electron chi connectivity index (χ4n) is 2.29. The van der Waals surface area contributed by atoms with Gasteiger partial charge < -0.3 is 9.47 Å². The third kappa shape index (κ3) is 5.27. The first-order chi connectivity index (χ1) is 13.3. The third-order valence-corrected chi connectivity index (χ3v) is 4.97. The molecule has 148 valence electrons. The molecule has 0 bridgehead atoms. The minimum absolute atomic E-state index is 0.0390. The van der Waals surface area contributed by atoms with Gasteiger partial charge in [-0.1, -0.05) is 6.08 Å². The maximum atomic E-state index is 12.6. The third-order valence-electron chi connectivity index (χ3n) is 3.47. The second kappa shape index (κ2) is 9.94. The molecular weight excluding hydrogens is 516 g/mol. The molecule has 28 heavy (non-hydrogen) atoms. The Labute approximate surface area is 184 Å². The average Bonchev–Trinajstić information content (AvgIpc) is 2.61. The van der Waals surface area contributed by atoms with Gasteiger partial charge in [-0.3, -0.25) is 19.8 Å². The van der Waals surface area contributed by atoms with Crippen molar-refractivity contribution in [2.45, 2.75) is 6.92 Å². The topological polar surface area (TPSA) is 84.9 Å². The molecule has 1 saturated heterocycles. The number of amides is 2. The van der Waals surface area contributed by atoms with Gasteiger partial charge >= 0.3 is 5.97 Å². The van der Waals surface area contributed by atoms with Crippen LogP contribution in [0, 0.1) is 0 Å². The van der Waals surface area contributed by atoms with Crippen LogP contribution < -0.4 is 10.1 Å².